The summed E-state index contributed by atoms with van der Waals surface area (Å²) in [4.78, 5) is 0. The first kappa shape index (κ1) is 22.4. The topological polar surface area (TPSA) is 7.94 Å². The summed E-state index contributed by atoms with van der Waals surface area (Å²) in [6.45, 7) is -4.24. The van der Waals surface area contributed by atoms with E-state index in [-0.39, 0.29) is 0 Å². The van der Waals surface area contributed by atoms with Crippen LogP contribution in [0.2, 0.25) is 0 Å². The average molecular weight is 496 g/mol. The van der Waals surface area contributed by atoms with Crippen molar-refractivity contribution in [2.75, 3.05) is 0 Å². The van der Waals surface area contributed by atoms with Crippen LogP contribution >= 0.6 is 0 Å². The van der Waals surface area contributed by atoms with E-state index in [0.717, 1.165) is 33.4 Å². The molecule has 182 valence electrons. The van der Waals surface area contributed by atoms with Gasteiger partial charge >= 0.3 is 6.97 Å². The molecule has 5 heteroatoms. The maximum Gasteiger partial charge on any atom is 0.737 e. The third-order valence-electron chi connectivity index (χ3n) is 7.36. The Morgan fingerprint density at radius 1 is 0.553 bits per heavy atom. The number of aromatic nitrogens is 1. The Kier molecular flexibility index (Phi) is 5.12. The summed E-state index contributed by atoms with van der Waals surface area (Å²) in [5.74, 6) is 0. The summed E-state index contributed by atoms with van der Waals surface area (Å²) in [6.07, 6.45) is 3.84. The van der Waals surface area contributed by atoms with Crippen molar-refractivity contribution in [2.45, 2.75) is 0 Å². The molecule has 1 aromatic heterocycles. The van der Waals surface area contributed by atoms with Crippen LogP contribution in [0.15, 0.2) is 139 Å². The van der Waals surface area contributed by atoms with Crippen LogP contribution in [-0.4, -0.2) is 21.6 Å². The summed E-state index contributed by atoms with van der Waals surface area (Å²) in [5, 5.41) is 0. The van der Waals surface area contributed by atoms with Crippen molar-refractivity contribution in [1.29, 1.82) is 0 Å². The number of hydrogen-bond acceptors (Lipinski definition) is 0. The van der Waals surface area contributed by atoms with Gasteiger partial charge in [-0.3, -0.25) is 0 Å². The van der Waals surface area contributed by atoms with Crippen LogP contribution in [0.25, 0.3) is 34.0 Å². The van der Waals surface area contributed by atoms with Crippen molar-refractivity contribution in [1.82, 2.24) is 4.48 Å². The fraction of sp³-hybridized carbons (Fsp3) is 0. The molecule has 0 fully saturated rings. The number of fused-ring (bicyclic) bond motifs is 2. The second kappa shape index (κ2) is 8.67. The van der Waals surface area contributed by atoms with Crippen LogP contribution in [0.1, 0.15) is 16.8 Å². The second-order valence-corrected chi connectivity index (χ2v) is 9.59. The minimum Gasteiger partial charge on any atom is -0.389 e. The normalized spacial score (nSPS) is 15.5. The molecule has 2 aliphatic rings. The molecule has 0 amide bonds. The fourth-order valence-electron chi connectivity index (χ4n) is 5.65. The van der Waals surface area contributed by atoms with Gasteiger partial charge in [-0.1, -0.05) is 109 Å². The zero-order valence-corrected chi connectivity index (χ0v) is 20.5. The highest BCUT2D eigenvalue weighted by Crippen LogP contribution is 2.45. The lowest BCUT2D eigenvalue weighted by molar-refractivity contribution is -0.358. The number of nitrogens with zero attached hydrogens (tertiary/aromatic N) is 2. The van der Waals surface area contributed by atoms with E-state index in [1.165, 1.54) is 8.96 Å². The lowest BCUT2D eigenvalue weighted by Crippen LogP contribution is -2.50. The average Bonchev–Trinajstić information content (AvgIpc) is 3.56. The van der Waals surface area contributed by atoms with Gasteiger partial charge < -0.3 is 17.6 Å². The molecule has 4 aromatic carbocycles. The number of rotatable bonds is 4. The zero-order valence-electron chi connectivity index (χ0n) is 20.5. The van der Waals surface area contributed by atoms with Gasteiger partial charge in [-0.2, -0.15) is 0 Å². The van der Waals surface area contributed by atoms with Crippen LogP contribution in [0, 0.1) is 0 Å². The van der Waals surface area contributed by atoms with Crippen LogP contribution < -0.4 is 0 Å². The highest BCUT2D eigenvalue weighted by atomic mass is 19.2. The molecule has 0 radical (unpaired) electrons. The molecule has 7 rings (SSSR count). The fourth-order valence-corrected chi connectivity index (χ4v) is 5.65. The summed E-state index contributed by atoms with van der Waals surface area (Å²) in [5.41, 5.74) is 6.94. The first-order chi connectivity index (χ1) is 18.6. The molecule has 0 atom stereocenters. The summed E-state index contributed by atoms with van der Waals surface area (Å²) < 4.78 is 36.7. The van der Waals surface area contributed by atoms with E-state index in [9.17, 15) is 0 Å². The second-order valence-electron chi connectivity index (χ2n) is 9.59. The Labute approximate surface area is 220 Å². The Hall–Kier alpha value is -4.77. The molecule has 2 nitrogen and oxygen atoms in total. The van der Waals surface area contributed by atoms with Gasteiger partial charge in [0.1, 0.15) is 0 Å². The minimum atomic E-state index is -4.24. The summed E-state index contributed by atoms with van der Waals surface area (Å²) >= 11 is 0. The third kappa shape index (κ3) is 3.43. The summed E-state index contributed by atoms with van der Waals surface area (Å²) in [6, 6.07) is 40.4. The molecule has 0 unspecified atom stereocenters. The molecule has 0 spiro atoms. The van der Waals surface area contributed by atoms with E-state index >= 15 is 8.63 Å². The van der Waals surface area contributed by atoms with Crippen molar-refractivity contribution in [3.8, 4) is 22.4 Å². The Morgan fingerprint density at radius 3 is 1.63 bits per heavy atom. The lowest BCUT2D eigenvalue weighted by atomic mass is 9.87. The first-order valence-electron chi connectivity index (χ1n) is 12.7. The molecule has 0 bridgehead atoms. The van der Waals surface area contributed by atoms with Gasteiger partial charge in [0.15, 0.2) is 11.4 Å². The van der Waals surface area contributed by atoms with Crippen LogP contribution in [0.3, 0.4) is 0 Å². The number of allylic oxidation sites excluding steroid dienone is 2. The van der Waals surface area contributed by atoms with Crippen LogP contribution in [0.4, 0.5) is 8.63 Å². The summed E-state index contributed by atoms with van der Waals surface area (Å²) in [7, 11) is 0. The van der Waals surface area contributed by atoms with Gasteiger partial charge in [0.25, 0.3) is 0 Å². The standard InChI is InChI=1S/C33H23BF2N2/c35-34(36)37-30(26-17-9-3-10-18-26)21-28(24-13-5-1-6-14-24)32(37)23-33-29(25-15-7-2-8-16-25)22-31(38(33)34)27-19-11-4-12-20-27/h1-23H. The number of halogens is 2. The maximum absolute atomic E-state index is 17.1. The monoisotopic (exact) mass is 496 g/mol. The molecule has 0 aliphatic carbocycles. The van der Waals surface area contributed by atoms with Gasteiger partial charge in [0.05, 0.1) is 5.57 Å². The van der Waals surface area contributed by atoms with Gasteiger partial charge in [-0.05, 0) is 34.9 Å². The first-order valence-corrected chi connectivity index (χ1v) is 12.7. The molecule has 0 saturated carbocycles. The van der Waals surface area contributed by atoms with E-state index in [1.54, 1.807) is 0 Å². The predicted molar refractivity (Wildman–Crippen MR) is 152 cm³/mol. The van der Waals surface area contributed by atoms with Crippen LogP contribution in [-0.2, 0) is 0 Å². The quantitative estimate of drug-likeness (QED) is 0.223. The maximum atomic E-state index is 17.1. The van der Waals surface area contributed by atoms with Gasteiger partial charge in [0, 0.05) is 34.7 Å². The van der Waals surface area contributed by atoms with Crippen molar-refractivity contribution < 1.29 is 13.1 Å². The Balaban J connectivity index is 1.57. The predicted octanol–water partition coefficient (Wildman–Crippen LogP) is 8.00. The van der Waals surface area contributed by atoms with Crippen molar-refractivity contribution in [3.05, 3.63) is 156 Å². The molecular formula is C33H23BF2N2. The van der Waals surface area contributed by atoms with Crippen molar-refractivity contribution in [3.63, 3.8) is 0 Å². The molecule has 2 aliphatic heterocycles. The minimum absolute atomic E-state index is 0.500. The van der Waals surface area contributed by atoms with E-state index in [1.807, 2.05) is 140 Å². The van der Waals surface area contributed by atoms with Gasteiger partial charge in [0.2, 0.25) is 0 Å². The highest BCUT2D eigenvalue weighted by Gasteiger charge is 2.55. The zero-order chi connectivity index (χ0) is 25.7. The Morgan fingerprint density at radius 2 is 1.05 bits per heavy atom. The molecule has 0 N–H and O–H groups in total. The van der Waals surface area contributed by atoms with E-state index in [0.29, 0.717) is 22.8 Å². The lowest BCUT2D eigenvalue weighted by Gasteiger charge is -2.32. The molecule has 3 heterocycles. The molecule has 38 heavy (non-hydrogen) atoms. The van der Waals surface area contributed by atoms with E-state index in [4.69, 9.17) is 0 Å². The SMILES string of the molecule is F[B-]1(F)n2c(-c3ccccc3)cc(-c3ccccc3)c2C=C2C(c3ccccc3)=CC(c3ccccc3)=[N+]21. The smallest absolute Gasteiger partial charge is 0.389 e. The highest BCUT2D eigenvalue weighted by molar-refractivity contribution is 6.59. The number of benzene rings is 4. The van der Waals surface area contributed by atoms with Crippen LogP contribution in [0.5, 0.6) is 0 Å². The largest absolute Gasteiger partial charge is 0.737 e. The molecule has 0 saturated heterocycles. The molecular weight excluding hydrogens is 473 g/mol. The Bertz CT molecular complexity index is 1750. The van der Waals surface area contributed by atoms with Crippen molar-refractivity contribution in [2.24, 2.45) is 0 Å². The van der Waals surface area contributed by atoms with Gasteiger partial charge in [-0.15, -0.1) is 0 Å². The molecule has 5 aromatic rings. The van der Waals surface area contributed by atoms with E-state index in [2.05, 4.69) is 0 Å². The van der Waals surface area contributed by atoms with Gasteiger partial charge in [-0.25, -0.2) is 0 Å². The number of hydrogen-bond donors (Lipinski definition) is 0. The third-order valence-corrected chi connectivity index (χ3v) is 7.36. The van der Waals surface area contributed by atoms with E-state index < -0.39 is 6.97 Å². The van der Waals surface area contributed by atoms with Crippen molar-refractivity contribution >= 4 is 24.3 Å².